The molecule has 1 aliphatic rings. The van der Waals surface area contributed by atoms with Gasteiger partial charge in [-0.25, -0.2) is 0 Å². The number of hydrogen-bond donors (Lipinski definition) is 0. The molecule has 0 N–H and O–H groups in total. The van der Waals surface area contributed by atoms with Gasteiger partial charge in [-0.15, -0.1) is 11.3 Å². The van der Waals surface area contributed by atoms with Crippen molar-refractivity contribution in [2.24, 2.45) is 5.92 Å². The van der Waals surface area contributed by atoms with Crippen LogP contribution >= 0.6 is 11.3 Å². The number of likely N-dealkylation sites (tertiary alicyclic amines) is 1. The molecule has 2 aromatic rings. The van der Waals surface area contributed by atoms with Gasteiger partial charge in [0.15, 0.2) is 6.61 Å². The Balaban J connectivity index is 1.40. The van der Waals surface area contributed by atoms with E-state index in [2.05, 4.69) is 0 Å². The number of esters is 1. The minimum absolute atomic E-state index is 0.00606. The summed E-state index contributed by atoms with van der Waals surface area (Å²) in [5.41, 5.74) is 0. The first-order valence-electron chi connectivity index (χ1n) is 8.80. The Morgan fingerprint density at radius 3 is 2.67 bits per heavy atom. The van der Waals surface area contributed by atoms with E-state index in [-0.39, 0.29) is 30.3 Å². The fraction of sp³-hybridized carbons (Fsp3) is 0.421. The maximum Gasteiger partial charge on any atom is 0.309 e. The molecule has 2 aromatic heterocycles. The molecule has 0 bridgehead atoms. The second kappa shape index (κ2) is 8.85. The number of carbonyl (C=O) groups excluding carboxylic acids is 3. The summed E-state index contributed by atoms with van der Waals surface area (Å²) < 4.78 is 10.4. The number of carbonyl (C=O) groups is 3. The first-order valence-corrected chi connectivity index (χ1v) is 9.68. The van der Waals surface area contributed by atoms with Gasteiger partial charge in [0.25, 0.3) is 11.8 Å². The number of thiophene rings is 1. The van der Waals surface area contributed by atoms with Crippen LogP contribution in [0, 0.1) is 5.92 Å². The highest BCUT2D eigenvalue weighted by Gasteiger charge is 2.29. The lowest BCUT2D eigenvalue weighted by Crippen LogP contribution is -2.41. The lowest BCUT2D eigenvalue weighted by atomic mass is 9.97. The van der Waals surface area contributed by atoms with Crippen LogP contribution in [0.1, 0.15) is 28.3 Å². The molecule has 0 spiro atoms. The van der Waals surface area contributed by atoms with Crippen molar-refractivity contribution in [3.63, 3.8) is 0 Å². The van der Waals surface area contributed by atoms with Crippen LogP contribution in [0.3, 0.4) is 0 Å². The van der Waals surface area contributed by atoms with Crippen molar-refractivity contribution >= 4 is 29.1 Å². The van der Waals surface area contributed by atoms with E-state index in [4.69, 9.17) is 9.15 Å². The summed E-state index contributed by atoms with van der Waals surface area (Å²) in [4.78, 5) is 40.6. The summed E-state index contributed by atoms with van der Waals surface area (Å²) in [7, 11) is 1.63. The predicted molar refractivity (Wildman–Crippen MR) is 99.1 cm³/mol. The summed E-state index contributed by atoms with van der Waals surface area (Å²) in [5, 5.41) is 1.87. The van der Waals surface area contributed by atoms with Crippen molar-refractivity contribution in [1.82, 2.24) is 9.80 Å². The molecule has 2 amide bonds. The van der Waals surface area contributed by atoms with Crippen molar-refractivity contribution in [3.8, 4) is 0 Å². The van der Waals surface area contributed by atoms with Crippen molar-refractivity contribution < 1.29 is 23.5 Å². The molecule has 0 aliphatic carbocycles. The number of hydrogen-bond acceptors (Lipinski definition) is 6. The van der Waals surface area contributed by atoms with E-state index in [0.717, 1.165) is 0 Å². The minimum atomic E-state index is -0.377. The molecule has 27 heavy (non-hydrogen) atoms. The third kappa shape index (κ3) is 4.97. The van der Waals surface area contributed by atoms with E-state index in [1.165, 1.54) is 16.2 Å². The summed E-state index contributed by atoms with van der Waals surface area (Å²) >= 11 is 1.42. The Hall–Kier alpha value is -2.61. The average Bonchev–Trinajstić information content (AvgIpc) is 3.39. The molecule has 8 heteroatoms. The Bertz CT molecular complexity index is 764. The van der Waals surface area contributed by atoms with Crippen LogP contribution in [0.2, 0.25) is 0 Å². The fourth-order valence-corrected chi connectivity index (χ4v) is 3.65. The van der Waals surface area contributed by atoms with E-state index in [1.807, 2.05) is 11.4 Å². The number of ether oxygens (including phenoxy) is 1. The van der Waals surface area contributed by atoms with E-state index in [1.54, 1.807) is 36.4 Å². The zero-order valence-electron chi connectivity index (χ0n) is 15.1. The number of likely N-dealkylation sites (N-methyl/N-ethyl adjacent to an activating group) is 1. The van der Waals surface area contributed by atoms with Crippen LogP contribution in [0.4, 0.5) is 0 Å². The Morgan fingerprint density at radius 1 is 1.26 bits per heavy atom. The van der Waals surface area contributed by atoms with Gasteiger partial charge in [0.2, 0.25) is 0 Å². The monoisotopic (exact) mass is 390 g/mol. The van der Waals surface area contributed by atoms with Gasteiger partial charge < -0.3 is 19.0 Å². The number of amides is 2. The van der Waals surface area contributed by atoms with Crippen LogP contribution in [-0.4, -0.2) is 54.3 Å². The fourth-order valence-electron chi connectivity index (χ4n) is 2.96. The van der Waals surface area contributed by atoms with Gasteiger partial charge in [-0.1, -0.05) is 6.07 Å². The van der Waals surface area contributed by atoms with Crippen LogP contribution in [0.25, 0.3) is 0 Å². The summed E-state index contributed by atoms with van der Waals surface area (Å²) in [6, 6.07) is 7.18. The van der Waals surface area contributed by atoms with Crippen LogP contribution in [0.15, 0.2) is 40.3 Å². The molecule has 3 rings (SSSR count). The summed E-state index contributed by atoms with van der Waals surface area (Å²) in [5.74, 6) is -0.268. The Morgan fingerprint density at radius 2 is 2.04 bits per heavy atom. The molecule has 0 saturated carbocycles. The molecule has 1 fully saturated rings. The van der Waals surface area contributed by atoms with Gasteiger partial charge in [-0.05, 0) is 36.4 Å². The maximum atomic E-state index is 12.3. The summed E-state index contributed by atoms with van der Waals surface area (Å²) in [6.45, 7) is 1.07. The van der Waals surface area contributed by atoms with Crippen molar-refractivity contribution in [3.05, 3.63) is 46.5 Å². The smallest absolute Gasteiger partial charge is 0.309 e. The standard InChI is InChI=1S/C19H22N2O5S/c1-20(12-15-4-2-10-25-15)17(22)13-26-19(24)14-6-8-21(9-7-14)18(23)16-5-3-11-27-16/h2-5,10-11,14H,6-9,12-13H2,1H3. The van der Waals surface area contributed by atoms with Crippen molar-refractivity contribution in [2.75, 3.05) is 26.7 Å². The van der Waals surface area contributed by atoms with Crippen LogP contribution in [-0.2, 0) is 20.9 Å². The zero-order chi connectivity index (χ0) is 19.2. The molecule has 0 atom stereocenters. The topological polar surface area (TPSA) is 80.1 Å². The van der Waals surface area contributed by atoms with Crippen molar-refractivity contribution in [1.29, 1.82) is 0 Å². The third-order valence-corrected chi connectivity index (χ3v) is 5.44. The molecule has 7 nitrogen and oxygen atoms in total. The lowest BCUT2D eigenvalue weighted by Gasteiger charge is -2.30. The van der Waals surface area contributed by atoms with Gasteiger partial charge in [-0.3, -0.25) is 14.4 Å². The van der Waals surface area contributed by atoms with E-state index in [9.17, 15) is 14.4 Å². The van der Waals surface area contributed by atoms with Crippen LogP contribution in [0.5, 0.6) is 0 Å². The quantitative estimate of drug-likeness (QED) is 0.708. The molecular formula is C19H22N2O5S. The average molecular weight is 390 g/mol. The van der Waals surface area contributed by atoms with Crippen molar-refractivity contribution in [2.45, 2.75) is 19.4 Å². The molecule has 0 unspecified atom stereocenters. The molecule has 0 aromatic carbocycles. The molecule has 3 heterocycles. The predicted octanol–water partition coefficient (Wildman–Crippen LogP) is 2.40. The largest absolute Gasteiger partial charge is 0.467 e. The SMILES string of the molecule is CN(Cc1ccco1)C(=O)COC(=O)C1CCN(C(=O)c2cccs2)CC1. The maximum absolute atomic E-state index is 12.3. The number of rotatable bonds is 6. The Labute approximate surface area is 161 Å². The minimum Gasteiger partial charge on any atom is -0.467 e. The van der Waals surface area contributed by atoms with Gasteiger partial charge in [-0.2, -0.15) is 0 Å². The molecule has 1 aliphatic heterocycles. The molecule has 144 valence electrons. The third-order valence-electron chi connectivity index (χ3n) is 4.58. The van der Waals surface area contributed by atoms with Gasteiger partial charge in [0, 0.05) is 20.1 Å². The highest BCUT2D eigenvalue weighted by Crippen LogP contribution is 2.21. The van der Waals surface area contributed by atoms with Gasteiger partial charge in [0.1, 0.15) is 5.76 Å². The number of furan rings is 1. The van der Waals surface area contributed by atoms with Gasteiger partial charge in [0.05, 0.1) is 23.6 Å². The van der Waals surface area contributed by atoms with Crippen LogP contribution < -0.4 is 0 Å². The normalized spacial score (nSPS) is 14.8. The number of piperidine rings is 1. The summed E-state index contributed by atoms with van der Waals surface area (Å²) in [6.07, 6.45) is 2.64. The van der Waals surface area contributed by atoms with Gasteiger partial charge >= 0.3 is 5.97 Å². The highest BCUT2D eigenvalue weighted by molar-refractivity contribution is 7.12. The van der Waals surface area contributed by atoms with E-state index in [0.29, 0.717) is 43.1 Å². The molecular weight excluding hydrogens is 368 g/mol. The lowest BCUT2D eigenvalue weighted by molar-refractivity contribution is -0.156. The van der Waals surface area contributed by atoms with E-state index < -0.39 is 0 Å². The molecule has 1 saturated heterocycles. The Kier molecular flexibility index (Phi) is 6.28. The highest BCUT2D eigenvalue weighted by atomic mass is 32.1. The van der Waals surface area contributed by atoms with E-state index >= 15 is 0 Å². The number of nitrogens with zero attached hydrogens (tertiary/aromatic N) is 2. The second-order valence-electron chi connectivity index (χ2n) is 6.48. The molecule has 0 radical (unpaired) electrons. The second-order valence-corrected chi connectivity index (χ2v) is 7.43. The first kappa shape index (κ1) is 19.2. The zero-order valence-corrected chi connectivity index (χ0v) is 15.9. The first-order chi connectivity index (χ1) is 13.0.